The summed E-state index contributed by atoms with van der Waals surface area (Å²) in [6, 6.07) is -0.0834. The van der Waals surface area contributed by atoms with Crippen LogP contribution in [0.5, 0.6) is 0 Å². The second kappa shape index (κ2) is 3.90. The number of rotatable bonds is 2. The molecule has 0 aromatic carbocycles. The molecule has 0 spiro atoms. The van der Waals surface area contributed by atoms with E-state index in [1.165, 1.54) is 0 Å². The van der Waals surface area contributed by atoms with Crippen LogP contribution in [0.2, 0.25) is 0 Å². The summed E-state index contributed by atoms with van der Waals surface area (Å²) in [4.78, 5) is 11.3. The van der Waals surface area contributed by atoms with Crippen molar-refractivity contribution < 1.29 is 9.53 Å². The number of hydrogen-bond acceptors (Lipinski definition) is 3. The van der Waals surface area contributed by atoms with Gasteiger partial charge in [0.15, 0.2) is 0 Å². The van der Waals surface area contributed by atoms with Gasteiger partial charge in [-0.1, -0.05) is 13.8 Å². The van der Waals surface area contributed by atoms with Crippen molar-refractivity contribution in [2.45, 2.75) is 26.8 Å². The maximum atomic E-state index is 11.3. The number of carbonyl (C=O) groups is 1. The van der Waals surface area contributed by atoms with Gasteiger partial charge in [-0.3, -0.25) is 4.79 Å². The van der Waals surface area contributed by atoms with Crippen molar-refractivity contribution in [3.63, 3.8) is 0 Å². The maximum absolute atomic E-state index is 11.3. The zero-order valence-electron chi connectivity index (χ0n) is 7.96. The molecule has 1 aliphatic heterocycles. The molecule has 1 aliphatic rings. The summed E-state index contributed by atoms with van der Waals surface area (Å²) in [5.74, 6) is 0.859. The van der Waals surface area contributed by atoms with E-state index >= 15 is 0 Å². The van der Waals surface area contributed by atoms with Gasteiger partial charge in [0.2, 0.25) is 0 Å². The molecule has 12 heavy (non-hydrogen) atoms. The van der Waals surface area contributed by atoms with Crippen LogP contribution in [0, 0.1) is 11.8 Å². The molecule has 0 aromatic heterocycles. The van der Waals surface area contributed by atoms with Gasteiger partial charge in [-0.2, -0.15) is 0 Å². The molecule has 0 saturated carbocycles. The first-order valence-electron chi connectivity index (χ1n) is 4.56. The molecule has 0 bridgehead atoms. The van der Waals surface area contributed by atoms with Gasteiger partial charge in [0.1, 0.15) is 6.04 Å². The largest absolute Gasteiger partial charge is 0.465 e. The lowest BCUT2D eigenvalue weighted by Gasteiger charge is -2.15. The topological polar surface area (TPSA) is 38.3 Å². The monoisotopic (exact) mass is 171 g/mol. The van der Waals surface area contributed by atoms with Gasteiger partial charge in [-0.15, -0.1) is 0 Å². The van der Waals surface area contributed by atoms with Gasteiger partial charge < -0.3 is 10.1 Å². The number of esters is 1. The van der Waals surface area contributed by atoms with Crippen LogP contribution in [-0.2, 0) is 9.53 Å². The van der Waals surface area contributed by atoms with Crippen molar-refractivity contribution in [3.05, 3.63) is 0 Å². The summed E-state index contributed by atoms with van der Waals surface area (Å²) >= 11 is 0. The molecule has 3 heteroatoms. The minimum Gasteiger partial charge on any atom is -0.465 e. The molecule has 3 nitrogen and oxygen atoms in total. The summed E-state index contributed by atoms with van der Waals surface area (Å²) in [5.41, 5.74) is 0. The average molecular weight is 171 g/mol. The predicted molar refractivity (Wildman–Crippen MR) is 46.8 cm³/mol. The van der Waals surface area contributed by atoms with Crippen molar-refractivity contribution in [1.82, 2.24) is 5.32 Å². The second-order valence-electron chi connectivity index (χ2n) is 3.47. The zero-order chi connectivity index (χ0) is 9.14. The van der Waals surface area contributed by atoms with Crippen molar-refractivity contribution in [3.8, 4) is 0 Å². The first-order chi connectivity index (χ1) is 5.66. The van der Waals surface area contributed by atoms with Crippen LogP contribution in [0.1, 0.15) is 20.8 Å². The van der Waals surface area contributed by atoms with E-state index in [2.05, 4.69) is 19.2 Å². The Bertz CT molecular complexity index is 170. The third-order valence-electron chi connectivity index (χ3n) is 2.62. The van der Waals surface area contributed by atoms with E-state index in [4.69, 9.17) is 4.74 Å². The SMILES string of the molecule is CCOC(=O)C1NCC(C)C1C. The maximum Gasteiger partial charge on any atom is 0.323 e. The molecule has 0 aromatic rings. The Hall–Kier alpha value is -0.570. The lowest BCUT2D eigenvalue weighted by atomic mass is 9.94. The van der Waals surface area contributed by atoms with Crippen molar-refractivity contribution in [1.29, 1.82) is 0 Å². The van der Waals surface area contributed by atoms with Crippen LogP contribution >= 0.6 is 0 Å². The second-order valence-corrected chi connectivity index (χ2v) is 3.47. The van der Waals surface area contributed by atoms with Gasteiger partial charge in [-0.25, -0.2) is 0 Å². The highest BCUT2D eigenvalue weighted by Gasteiger charge is 2.35. The molecule has 1 fully saturated rings. The molecule has 0 aliphatic carbocycles. The quantitative estimate of drug-likeness (QED) is 0.624. The highest BCUT2D eigenvalue weighted by Crippen LogP contribution is 2.21. The smallest absolute Gasteiger partial charge is 0.323 e. The van der Waals surface area contributed by atoms with Crippen LogP contribution < -0.4 is 5.32 Å². The number of nitrogens with one attached hydrogen (secondary N) is 1. The Morgan fingerprint density at radius 2 is 2.25 bits per heavy atom. The van der Waals surface area contributed by atoms with Gasteiger partial charge in [-0.05, 0) is 25.3 Å². The summed E-state index contributed by atoms with van der Waals surface area (Å²) in [6.45, 7) is 7.47. The lowest BCUT2D eigenvalue weighted by Crippen LogP contribution is -2.36. The third kappa shape index (κ3) is 1.78. The van der Waals surface area contributed by atoms with E-state index < -0.39 is 0 Å². The van der Waals surface area contributed by atoms with Crippen LogP contribution in [0.3, 0.4) is 0 Å². The standard InChI is InChI=1S/C9H17NO2/c1-4-12-9(11)8-7(3)6(2)5-10-8/h6-8,10H,4-5H2,1-3H3. The number of hydrogen-bond donors (Lipinski definition) is 1. The Morgan fingerprint density at radius 1 is 1.58 bits per heavy atom. The minimum atomic E-state index is -0.102. The van der Waals surface area contributed by atoms with E-state index in [1.807, 2.05) is 6.92 Å². The van der Waals surface area contributed by atoms with E-state index in [1.54, 1.807) is 0 Å². The summed E-state index contributed by atoms with van der Waals surface area (Å²) < 4.78 is 4.94. The van der Waals surface area contributed by atoms with Gasteiger partial charge >= 0.3 is 5.97 Å². The average Bonchev–Trinajstić information content (AvgIpc) is 2.34. The first-order valence-corrected chi connectivity index (χ1v) is 4.56. The molecule has 1 heterocycles. The fraction of sp³-hybridized carbons (Fsp3) is 0.889. The van der Waals surface area contributed by atoms with E-state index in [0.29, 0.717) is 18.4 Å². The third-order valence-corrected chi connectivity index (χ3v) is 2.62. The molecule has 0 radical (unpaired) electrons. The fourth-order valence-electron chi connectivity index (χ4n) is 1.54. The Kier molecular flexibility index (Phi) is 3.09. The molecule has 3 unspecified atom stereocenters. The van der Waals surface area contributed by atoms with Crippen LogP contribution in [-0.4, -0.2) is 25.2 Å². The minimum absolute atomic E-state index is 0.0834. The molecule has 1 N–H and O–H groups in total. The molecule has 1 saturated heterocycles. The highest BCUT2D eigenvalue weighted by molar-refractivity contribution is 5.76. The van der Waals surface area contributed by atoms with Gasteiger partial charge in [0.25, 0.3) is 0 Å². The predicted octanol–water partition coefficient (Wildman–Crippen LogP) is 0.793. The molecule has 70 valence electrons. The van der Waals surface area contributed by atoms with Crippen molar-refractivity contribution in [2.75, 3.05) is 13.2 Å². The molecule has 3 atom stereocenters. The fourth-order valence-corrected chi connectivity index (χ4v) is 1.54. The Balaban J connectivity index is 2.47. The van der Waals surface area contributed by atoms with Crippen LogP contribution in [0.25, 0.3) is 0 Å². The molecule has 0 amide bonds. The van der Waals surface area contributed by atoms with Crippen molar-refractivity contribution >= 4 is 5.97 Å². The lowest BCUT2D eigenvalue weighted by molar-refractivity contribution is -0.146. The number of carbonyl (C=O) groups excluding carboxylic acids is 1. The van der Waals surface area contributed by atoms with Crippen molar-refractivity contribution in [2.24, 2.45) is 11.8 Å². The normalized spacial score (nSPS) is 35.1. The van der Waals surface area contributed by atoms with E-state index in [9.17, 15) is 4.79 Å². The Morgan fingerprint density at radius 3 is 2.67 bits per heavy atom. The van der Waals surface area contributed by atoms with Crippen LogP contribution in [0.4, 0.5) is 0 Å². The number of ether oxygens (including phenoxy) is 1. The highest BCUT2D eigenvalue weighted by atomic mass is 16.5. The molecular formula is C9H17NO2. The summed E-state index contributed by atoms with van der Waals surface area (Å²) in [6.07, 6.45) is 0. The summed E-state index contributed by atoms with van der Waals surface area (Å²) in [5, 5.41) is 3.17. The van der Waals surface area contributed by atoms with Gasteiger partial charge in [0.05, 0.1) is 6.61 Å². The van der Waals surface area contributed by atoms with E-state index in [0.717, 1.165) is 6.54 Å². The molecular weight excluding hydrogens is 154 g/mol. The summed E-state index contributed by atoms with van der Waals surface area (Å²) in [7, 11) is 0. The Labute approximate surface area is 73.5 Å². The van der Waals surface area contributed by atoms with E-state index in [-0.39, 0.29) is 12.0 Å². The van der Waals surface area contributed by atoms with Gasteiger partial charge in [0, 0.05) is 0 Å². The van der Waals surface area contributed by atoms with Crippen LogP contribution in [0.15, 0.2) is 0 Å². The first kappa shape index (κ1) is 9.52. The zero-order valence-corrected chi connectivity index (χ0v) is 7.96. The molecule has 1 rings (SSSR count).